The summed E-state index contributed by atoms with van der Waals surface area (Å²) in [5.74, 6) is -0.540. The second-order valence-corrected chi connectivity index (χ2v) is 4.20. The number of benzene rings is 2. The van der Waals surface area contributed by atoms with E-state index in [0.29, 0.717) is 12.2 Å². The number of rotatable bonds is 7. The molecular weight excluding hydrogens is 268 g/mol. The number of hydrogen-bond acceptors (Lipinski definition) is 4. The Morgan fingerprint density at radius 2 is 1.76 bits per heavy atom. The Morgan fingerprint density at radius 1 is 1.05 bits per heavy atom. The summed E-state index contributed by atoms with van der Waals surface area (Å²) in [5.41, 5.74) is 2.20. The zero-order valence-electron chi connectivity index (χ0n) is 11.8. The van der Waals surface area contributed by atoms with Gasteiger partial charge in [-0.3, -0.25) is 4.89 Å². The average molecular weight is 285 g/mol. The Balaban J connectivity index is 2.04. The van der Waals surface area contributed by atoms with Gasteiger partial charge in [-0.25, -0.2) is 4.79 Å². The molecule has 1 radical (unpaired) electrons. The Hall–Kier alpha value is -2.17. The molecule has 0 aliphatic rings. The Morgan fingerprint density at radius 3 is 2.52 bits per heavy atom. The molecule has 0 spiro atoms. The number of hydrogen-bond donors (Lipinski definition) is 0. The van der Waals surface area contributed by atoms with Gasteiger partial charge in [0.2, 0.25) is 0 Å². The fraction of sp³-hybridized carbons (Fsp3) is 0.176. The monoisotopic (exact) mass is 285 g/mol. The molecule has 2 rings (SSSR count). The van der Waals surface area contributed by atoms with Crippen LogP contribution < -0.4 is 0 Å². The number of carbonyl (C=O) groups is 1. The number of ether oxygens (including phenoxy) is 1. The predicted octanol–water partition coefficient (Wildman–Crippen LogP) is 3.64. The Labute approximate surface area is 124 Å². The minimum atomic E-state index is -0.540. The van der Waals surface area contributed by atoms with Gasteiger partial charge < -0.3 is 4.74 Å². The van der Waals surface area contributed by atoms with Crippen LogP contribution in [0.15, 0.2) is 54.6 Å². The lowest BCUT2D eigenvalue weighted by Gasteiger charge is -2.08. The molecule has 109 valence electrons. The van der Waals surface area contributed by atoms with Crippen LogP contribution in [0.25, 0.3) is 11.1 Å². The van der Waals surface area contributed by atoms with Gasteiger partial charge in [-0.1, -0.05) is 48.5 Å². The topological polar surface area (TPSA) is 44.8 Å². The van der Waals surface area contributed by atoms with Crippen LogP contribution in [0.5, 0.6) is 0 Å². The average Bonchev–Trinajstić information content (AvgIpc) is 2.55. The van der Waals surface area contributed by atoms with Gasteiger partial charge in [0.25, 0.3) is 0 Å². The highest BCUT2D eigenvalue weighted by Crippen LogP contribution is 2.24. The fourth-order valence-electron chi connectivity index (χ4n) is 1.85. The second kappa shape index (κ2) is 8.19. The lowest BCUT2D eigenvalue weighted by Crippen LogP contribution is -2.08. The highest BCUT2D eigenvalue weighted by Gasteiger charge is 2.14. The van der Waals surface area contributed by atoms with Crippen LogP contribution in [0.1, 0.15) is 17.3 Å². The van der Waals surface area contributed by atoms with Crippen molar-refractivity contribution in [3.63, 3.8) is 0 Å². The molecular formula is C17H17O4. The van der Waals surface area contributed by atoms with E-state index >= 15 is 0 Å². The molecule has 4 heteroatoms. The van der Waals surface area contributed by atoms with Crippen molar-refractivity contribution in [3.8, 4) is 11.1 Å². The highest BCUT2D eigenvalue weighted by molar-refractivity contribution is 5.96. The smallest absolute Gasteiger partial charge is 0.373 e. The van der Waals surface area contributed by atoms with Crippen molar-refractivity contribution in [3.05, 3.63) is 66.8 Å². The van der Waals surface area contributed by atoms with E-state index in [-0.39, 0.29) is 6.61 Å². The van der Waals surface area contributed by atoms with Crippen LogP contribution in [0.4, 0.5) is 0 Å². The fourth-order valence-corrected chi connectivity index (χ4v) is 1.85. The molecule has 0 N–H and O–H groups in total. The quantitative estimate of drug-likeness (QED) is 0.442. The van der Waals surface area contributed by atoms with Gasteiger partial charge in [-0.2, -0.15) is 4.89 Å². The molecule has 0 heterocycles. The first kappa shape index (κ1) is 15.2. The summed E-state index contributed by atoms with van der Waals surface area (Å²) in [6, 6.07) is 16.9. The van der Waals surface area contributed by atoms with E-state index in [2.05, 4.69) is 0 Å². The summed E-state index contributed by atoms with van der Waals surface area (Å²) < 4.78 is 5.04. The molecule has 0 saturated carbocycles. The van der Waals surface area contributed by atoms with E-state index < -0.39 is 5.97 Å². The third-order valence-corrected chi connectivity index (χ3v) is 2.81. The summed E-state index contributed by atoms with van der Waals surface area (Å²) in [7, 11) is 0. The Bertz CT molecular complexity index is 566. The molecule has 0 aromatic heterocycles. The van der Waals surface area contributed by atoms with Gasteiger partial charge in [0.1, 0.15) is 0 Å². The van der Waals surface area contributed by atoms with E-state index in [9.17, 15) is 4.79 Å². The van der Waals surface area contributed by atoms with Crippen LogP contribution in [0.2, 0.25) is 0 Å². The highest BCUT2D eigenvalue weighted by atomic mass is 17.2. The summed E-state index contributed by atoms with van der Waals surface area (Å²) in [6.45, 7) is 4.01. The molecule has 2 aromatic rings. The lowest BCUT2D eigenvalue weighted by atomic mass is 10.00. The van der Waals surface area contributed by atoms with Crippen molar-refractivity contribution in [2.75, 3.05) is 13.2 Å². The zero-order chi connectivity index (χ0) is 14.9. The maximum atomic E-state index is 12.1. The molecule has 4 nitrogen and oxygen atoms in total. The predicted molar refractivity (Wildman–Crippen MR) is 79.2 cm³/mol. The molecule has 0 atom stereocenters. The first-order valence-electron chi connectivity index (χ1n) is 6.74. The van der Waals surface area contributed by atoms with E-state index in [1.807, 2.05) is 49.4 Å². The molecule has 0 saturated heterocycles. The second-order valence-electron chi connectivity index (χ2n) is 4.20. The number of carbonyl (C=O) groups excluding carboxylic acids is 1. The first-order valence-corrected chi connectivity index (χ1v) is 6.74. The normalized spacial score (nSPS) is 10.3. The van der Waals surface area contributed by atoms with Crippen LogP contribution in [-0.2, 0) is 14.5 Å². The van der Waals surface area contributed by atoms with Gasteiger partial charge in [0.05, 0.1) is 12.2 Å². The van der Waals surface area contributed by atoms with Crippen LogP contribution in [0.3, 0.4) is 0 Å². The molecule has 0 amide bonds. The summed E-state index contributed by atoms with van der Waals surface area (Å²) in [4.78, 5) is 21.6. The van der Waals surface area contributed by atoms with E-state index in [1.54, 1.807) is 12.1 Å². The lowest BCUT2D eigenvalue weighted by molar-refractivity contribution is -0.218. The molecule has 21 heavy (non-hydrogen) atoms. The largest absolute Gasteiger partial charge is 0.379 e. The SMILES string of the molecule is CCOC[CH]OOC(=O)c1ccccc1-c1ccccc1. The van der Waals surface area contributed by atoms with Crippen LogP contribution in [-0.4, -0.2) is 19.2 Å². The summed E-state index contributed by atoms with van der Waals surface area (Å²) >= 11 is 0. The first-order chi connectivity index (χ1) is 10.3. The van der Waals surface area contributed by atoms with Crippen molar-refractivity contribution >= 4 is 5.97 Å². The standard InChI is InChI=1S/C17H17O4/c1-2-19-12-13-20-21-17(18)16-11-7-6-10-15(16)14-8-4-3-5-9-14/h3-11,13H,2,12H2,1H3. The molecule has 0 bridgehead atoms. The molecule has 0 unspecified atom stereocenters. The van der Waals surface area contributed by atoms with Gasteiger partial charge in [0, 0.05) is 6.61 Å². The van der Waals surface area contributed by atoms with Crippen LogP contribution >= 0.6 is 0 Å². The van der Waals surface area contributed by atoms with E-state index in [1.165, 1.54) is 6.61 Å². The van der Waals surface area contributed by atoms with Gasteiger partial charge >= 0.3 is 5.97 Å². The van der Waals surface area contributed by atoms with Gasteiger partial charge in [-0.15, -0.1) is 0 Å². The van der Waals surface area contributed by atoms with Crippen molar-refractivity contribution in [2.24, 2.45) is 0 Å². The minimum Gasteiger partial charge on any atom is -0.379 e. The Kier molecular flexibility index (Phi) is 5.94. The maximum Gasteiger partial charge on any atom is 0.373 e. The maximum absolute atomic E-state index is 12.1. The summed E-state index contributed by atoms with van der Waals surface area (Å²) in [5, 5.41) is 0. The zero-order valence-corrected chi connectivity index (χ0v) is 11.8. The third kappa shape index (κ3) is 4.41. The van der Waals surface area contributed by atoms with Crippen molar-refractivity contribution < 1.29 is 19.3 Å². The van der Waals surface area contributed by atoms with Gasteiger partial charge in [-0.05, 0) is 24.1 Å². The van der Waals surface area contributed by atoms with Crippen molar-refractivity contribution in [1.29, 1.82) is 0 Å². The molecule has 2 aromatic carbocycles. The molecule has 0 fully saturated rings. The minimum absolute atomic E-state index is 0.268. The van der Waals surface area contributed by atoms with Crippen LogP contribution in [0, 0.1) is 6.61 Å². The summed E-state index contributed by atoms with van der Waals surface area (Å²) in [6.07, 6.45) is 0. The molecule has 0 aliphatic heterocycles. The van der Waals surface area contributed by atoms with Crippen molar-refractivity contribution in [2.45, 2.75) is 6.92 Å². The molecule has 0 aliphatic carbocycles. The van der Waals surface area contributed by atoms with Gasteiger partial charge in [0.15, 0.2) is 6.61 Å². The van der Waals surface area contributed by atoms with E-state index in [0.717, 1.165) is 11.1 Å². The third-order valence-electron chi connectivity index (χ3n) is 2.81. The van der Waals surface area contributed by atoms with Crippen molar-refractivity contribution in [1.82, 2.24) is 0 Å². The van der Waals surface area contributed by atoms with E-state index in [4.69, 9.17) is 14.5 Å².